The number of rotatable bonds is 8. The summed E-state index contributed by atoms with van der Waals surface area (Å²) in [4.78, 5) is 44.7. The highest BCUT2D eigenvalue weighted by Crippen LogP contribution is 2.29. The average molecular weight is 533 g/mol. The number of nitrogens with one attached hydrogen (secondary N) is 2. The molecule has 0 fully saturated rings. The molecule has 0 bridgehead atoms. The lowest BCUT2D eigenvalue weighted by Gasteiger charge is -2.13. The van der Waals surface area contributed by atoms with Gasteiger partial charge in [-0.3, -0.25) is 14.4 Å². The van der Waals surface area contributed by atoms with Crippen molar-refractivity contribution in [2.24, 2.45) is 0 Å². The predicted molar refractivity (Wildman–Crippen MR) is 146 cm³/mol. The van der Waals surface area contributed by atoms with Crippen molar-refractivity contribution in [3.05, 3.63) is 99.6 Å². The second kappa shape index (κ2) is 11.7. The highest BCUT2D eigenvalue weighted by atomic mass is 35.5. The number of likely N-dealkylation sites (N-methyl/N-ethyl adjacent to an activating group) is 1. The number of pyridine rings is 1. The van der Waals surface area contributed by atoms with E-state index in [1.807, 2.05) is 19.0 Å². The monoisotopic (exact) mass is 532 g/mol. The Bertz CT molecular complexity index is 1520. The Kier molecular flexibility index (Phi) is 8.15. The van der Waals surface area contributed by atoms with Crippen molar-refractivity contribution >= 4 is 34.9 Å². The zero-order valence-electron chi connectivity index (χ0n) is 20.7. The summed E-state index contributed by atoms with van der Waals surface area (Å²) in [5, 5.41) is 20.2. The van der Waals surface area contributed by atoms with Crippen LogP contribution in [0.5, 0.6) is 5.75 Å². The van der Waals surface area contributed by atoms with Crippen molar-refractivity contribution < 1.29 is 14.7 Å². The first-order chi connectivity index (χ1) is 18.2. The van der Waals surface area contributed by atoms with Gasteiger partial charge in [-0.2, -0.15) is 5.10 Å². The summed E-state index contributed by atoms with van der Waals surface area (Å²) in [5.74, 6) is -1.14. The van der Waals surface area contributed by atoms with Gasteiger partial charge in [0.05, 0.1) is 28.4 Å². The van der Waals surface area contributed by atoms with E-state index in [-0.39, 0.29) is 33.9 Å². The van der Waals surface area contributed by atoms with Crippen LogP contribution < -0.4 is 16.2 Å². The van der Waals surface area contributed by atoms with E-state index in [1.165, 1.54) is 35.1 Å². The minimum absolute atomic E-state index is 0.0433. The number of nitrogens with zero attached hydrogens (tertiary/aromatic N) is 4. The van der Waals surface area contributed by atoms with Crippen molar-refractivity contribution in [1.29, 1.82) is 0 Å². The normalized spacial score (nSPS) is 10.8. The van der Waals surface area contributed by atoms with Gasteiger partial charge in [-0.25, -0.2) is 9.67 Å². The number of phenols is 1. The van der Waals surface area contributed by atoms with E-state index in [0.29, 0.717) is 29.2 Å². The summed E-state index contributed by atoms with van der Waals surface area (Å²) in [5.41, 5.74) is 1.12. The molecule has 2 amide bonds. The number of phenolic OH excluding ortho intramolecular Hbond substituents is 1. The minimum atomic E-state index is -0.579. The SMILES string of the molecule is CN(C)CCn1nccc(-c2ccc(C(=O)Nc3c(O)cccc3C(=O)Nc3ccc(Cl)cn3)cc2)c1=O. The molecule has 2 aromatic carbocycles. The lowest BCUT2D eigenvalue weighted by molar-refractivity contribution is 0.102. The van der Waals surface area contributed by atoms with Gasteiger partial charge in [-0.15, -0.1) is 0 Å². The predicted octanol–water partition coefficient (Wildman–Crippen LogP) is 3.73. The van der Waals surface area contributed by atoms with E-state index in [1.54, 1.807) is 42.6 Å². The third kappa shape index (κ3) is 6.23. The van der Waals surface area contributed by atoms with Gasteiger partial charge >= 0.3 is 0 Å². The van der Waals surface area contributed by atoms with Gasteiger partial charge in [0.1, 0.15) is 11.6 Å². The number of anilines is 2. The number of halogens is 1. The van der Waals surface area contributed by atoms with E-state index in [9.17, 15) is 19.5 Å². The second-order valence-corrected chi connectivity index (χ2v) is 9.06. The molecule has 11 heteroatoms. The molecule has 3 N–H and O–H groups in total. The van der Waals surface area contributed by atoms with Crippen LogP contribution in [-0.2, 0) is 6.54 Å². The van der Waals surface area contributed by atoms with Crippen molar-refractivity contribution in [3.63, 3.8) is 0 Å². The Hall–Kier alpha value is -4.54. The Morgan fingerprint density at radius 2 is 1.76 bits per heavy atom. The van der Waals surface area contributed by atoms with Gasteiger partial charge in [0.25, 0.3) is 17.4 Å². The molecule has 0 unspecified atom stereocenters. The molecule has 10 nitrogen and oxygen atoms in total. The molecule has 0 aliphatic rings. The molecule has 0 aliphatic carbocycles. The first-order valence-corrected chi connectivity index (χ1v) is 12.0. The minimum Gasteiger partial charge on any atom is -0.506 e. The van der Waals surface area contributed by atoms with Crippen LogP contribution in [-0.4, -0.2) is 57.2 Å². The summed E-state index contributed by atoms with van der Waals surface area (Å²) >= 11 is 5.83. The molecule has 38 heavy (non-hydrogen) atoms. The average Bonchev–Trinajstić information content (AvgIpc) is 2.90. The molecule has 4 aromatic rings. The lowest BCUT2D eigenvalue weighted by atomic mass is 10.0. The molecule has 0 radical (unpaired) electrons. The summed E-state index contributed by atoms with van der Waals surface area (Å²) in [6.07, 6.45) is 2.95. The lowest BCUT2D eigenvalue weighted by Crippen LogP contribution is -2.29. The molecule has 0 spiro atoms. The van der Waals surface area contributed by atoms with Crippen LogP contribution in [0.4, 0.5) is 11.5 Å². The van der Waals surface area contributed by atoms with E-state index < -0.39 is 11.8 Å². The second-order valence-electron chi connectivity index (χ2n) is 8.62. The zero-order valence-corrected chi connectivity index (χ0v) is 21.4. The highest BCUT2D eigenvalue weighted by Gasteiger charge is 2.19. The van der Waals surface area contributed by atoms with Gasteiger partial charge < -0.3 is 20.6 Å². The molecule has 2 aromatic heterocycles. The van der Waals surface area contributed by atoms with E-state index in [0.717, 1.165) is 0 Å². The van der Waals surface area contributed by atoms with Gasteiger partial charge in [0.15, 0.2) is 0 Å². The van der Waals surface area contributed by atoms with Crippen LogP contribution in [0.25, 0.3) is 11.1 Å². The number of aromatic nitrogens is 3. The van der Waals surface area contributed by atoms with Crippen molar-refractivity contribution in [2.75, 3.05) is 31.3 Å². The molecule has 0 saturated carbocycles. The summed E-state index contributed by atoms with van der Waals surface area (Å²) in [6, 6.07) is 15.5. The Morgan fingerprint density at radius 3 is 2.45 bits per heavy atom. The molecular weight excluding hydrogens is 508 g/mol. The maximum atomic E-state index is 13.0. The standard InChI is InChI=1S/C27H25ClN6O4/c1-33(2)14-15-34-27(38)20(12-13-30-34)17-6-8-18(9-7-17)25(36)32-24-21(4-3-5-22(24)35)26(37)31-23-11-10-19(28)16-29-23/h3-13,16,35H,14-15H2,1-2H3,(H,32,36)(H,29,31,37). The molecule has 4 rings (SSSR count). The zero-order chi connectivity index (χ0) is 27.2. The van der Waals surface area contributed by atoms with Gasteiger partial charge in [-0.1, -0.05) is 29.8 Å². The first-order valence-electron chi connectivity index (χ1n) is 11.6. The maximum Gasteiger partial charge on any atom is 0.274 e. The Morgan fingerprint density at radius 1 is 1.00 bits per heavy atom. The van der Waals surface area contributed by atoms with Crippen molar-refractivity contribution in [1.82, 2.24) is 19.7 Å². The van der Waals surface area contributed by atoms with Crippen LogP contribution in [0, 0.1) is 0 Å². The Balaban J connectivity index is 1.53. The fourth-order valence-electron chi connectivity index (χ4n) is 3.61. The van der Waals surface area contributed by atoms with Crippen molar-refractivity contribution in [3.8, 4) is 16.9 Å². The number of para-hydroxylation sites is 1. The largest absolute Gasteiger partial charge is 0.506 e. The number of hydrogen-bond acceptors (Lipinski definition) is 7. The Labute approximate surface area is 223 Å². The third-order valence-corrected chi connectivity index (χ3v) is 5.85. The molecule has 0 atom stereocenters. The maximum absolute atomic E-state index is 13.0. The fraction of sp³-hybridized carbons (Fsp3) is 0.148. The van der Waals surface area contributed by atoms with Gasteiger partial charge in [0, 0.05) is 24.5 Å². The number of hydrogen-bond donors (Lipinski definition) is 3. The first kappa shape index (κ1) is 26.5. The van der Waals surface area contributed by atoms with Gasteiger partial charge in [-0.05, 0) is 62.1 Å². The number of carbonyl (C=O) groups excluding carboxylic acids is 2. The van der Waals surface area contributed by atoms with Crippen molar-refractivity contribution in [2.45, 2.75) is 6.54 Å². The topological polar surface area (TPSA) is 129 Å². The summed E-state index contributed by atoms with van der Waals surface area (Å²) < 4.78 is 1.40. The number of carbonyl (C=O) groups is 2. The van der Waals surface area contributed by atoms with Crippen LogP contribution in [0.2, 0.25) is 5.02 Å². The molecule has 0 aliphatic heterocycles. The molecule has 194 valence electrons. The van der Waals surface area contributed by atoms with E-state index in [4.69, 9.17) is 11.6 Å². The molecule has 2 heterocycles. The number of benzene rings is 2. The molecular formula is C27H25ClN6O4. The van der Waals surface area contributed by atoms with Crippen LogP contribution >= 0.6 is 11.6 Å². The molecule has 0 saturated heterocycles. The fourth-order valence-corrected chi connectivity index (χ4v) is 3.72. The van der Waals surface area contributed by atoms with Crippen LogP contribution in [0.1, 0.15) is 20.7 Å². The summed E-state index contributed by atoms with van der Waals surface area (Å²) in [7, 11) is 3.83. The van der Waals surface area contributed by atoms with Crippen LogP contribution in [0.15, 0.2) is 77.9 Å². The van der Waals surface area contributed by atoms with Gasteiger partial charge in [0.2, 0.25) is 0 Å². The van der Waals surface area contributed by atoms with Crippen LogP contribution in [0.3, 0.4) is 0 Å². The highest BCUT2D eigenvalue weighted by molar-refractivity contribution is 6.30. The third-order valence-electron chi connectivity index (χ3n) is 5.62. The van der Waals surface area contributed by atoms with E-state index in [2.05, 4.69) is 20.7 Å². The smallest absolute Gasteiger partial charge is 0.274 e. The summed E-state index contributed by atoms with van der Waals surface area (Å²) in [6.45, 7) is 1.11. The quantitative estimate of drug-likeness (QED) is 0.295. The number of aromatic hydroxyl groups is 1. The number of amides is 2. The van der Waals surface area contributed by atoms with E-state index >= 15 is 0 Å².